The monoisotopic (exact) mass is 300 g/mol. The van der Waals surface area contributed by atoms with Crippen molar-refractivity contribution in [1.29, 1.82) is 0 Å². The second-order valence-corrected chi connectivity index (χ2v) is 4.42. The molecule has 0 spiro atoms. The van der Waals surface area contributed by atoms with E-state index < -0.39 is 4.92 Å². The minimum Gasteiger partial charge on any atom is -0.487 e. The van der Waals surface area contributed by atoms with Gasteiger partial charge in [0.15, 0.2) is 5.75 Å². The highest BCUT2D eigenvalue weighted by Gasteiger charge is 2.15. The summed E-state index contributed by atoms with van der Waals surface area (Å²) in [5, 5.41) is 15.1. The normalized spacial score (nSPS) is 10.6. The Hall–Kier alpha value is -2.96. The number of rotatable bonds is 7. The Bertz CT molecular complexity index is 659. The van der Waals surface area contributed by atoms with Crippen LogP contribution >= 0.6 is 0 Å². The summed E-state index contributed by atoms with van der Waals surface area (Å²) in [4.78, 5) is 14.7. The summed E-state index contributed by atoms with van der Waals surface area (Å²) in [6.07, 6.45) is 3.92. The molecule has 22 heavy (non-hydrogen) atoms. The first-order chi connectivity index (χ1) is 10.7. The second kappa shape index (κ2) is 7.72. The Kier molecular flexibility index (Phi) is 5.42. The fourth-order valence-electron chi connectivity index (χ4n) is 1.69. The van der Waals surface area contributed by atoms with Crippen molar-refractivity contribution in [2.24, 2.45) is 5.10 Å². The average Bonchev–Trinajstić information content (AvgIpc) is 2.54. The van der Waals surface area contributed by atoms with Crippen LogP contribution in [0.4, 0.5) is 11.5 Å². The molecule has 0 saturated heterocycles. The molecule has 0 aliphatic rings. The highest BCUT2D eigenvalue weighted by Crippen LogP contribution is 2.27. The third-order valence-corrected chi connectivity index (χ3v) is 2.70. The van der Waals surface area contributed by atoms with Crippen LogP contribution in [0.1, 0.15) is 18.9 Å². The lowest BCUT2D eigenvalue weighted by Crippen LogP contribution is -2.00. The molecule has 0 aliphatic carbocycles. The van der Waals surface area contributed by atoms with Gasteiger partial charge >= 0.3 is 5.69 Å². The number of nitro benzene ring substituents is 1. The predicted molar refractivity (Wildman–Crippen MR) is 84.3 cm³/mol. The number of nitrogens with zero attached hydrogens (tertiary/aromatic N) is 3. The van der Waals surface area contributed by atoms with E-state index in [2.05, 4.69) is 15.5 Å². The Morgan fingerprint density at radius 3 is 2.95 bits per heavy atom. The average molecular weight is 300 g/mol. The highest BCUT2D eigenvalue weighted by atomic mass is 16.6. The van der Waals surface area contributed by atoms with Gasteiger partial charge in [-0.15, -0.1) is 0 Å². The summed E-state index contributed by atoms with van der Waals surface area (Å²) in [6, 6.07) is 10.1. The van der Waals surface area contributed by atoms with Gasteiger partial charge in [-0.1, -0.05) is 13.0 Å². The van der Waals surface area contributed by atoms with Crippen molar-refractivity contribution in [2.75, 3.05) is 12.0 Å². The van der Waals surface area contributed by atoms with E-state index in [1.807, 2.05) is 13.0 Å². The molecule has 1 N–H and O–H groups in total. The number of nitro groups is 1. The van der Waals surface area contributed by atoms with Crippen molar-refractivity contribution in [3.05, 3.63) is 58.3 Å². The minimum absolute atomic E-state index is 0.0739. The smallest absolute Gasteiger partial charge is 0.311 e. The number of ether oxygens (including phenoxy) is 1. The molecule has 0 amide bonds. The number of anilines is 1. The number of benzene rings is 1. The minimum atomic E-state index is -0.464. The molecule has 0 fully saturated rings. The zero-order chi connectivity index (χ0) is 15.8. The Morgan fingerprint density at radius 2 is 2.27 bits per heavy atom. The van der Waals surface area contributed by atoms with Gasteiger partial charge in [-0.05, 0) is 30.7 Å². The molecular weight excluding hydrogens is 284 g/mol. The van der Waals surface area contributed by atoms with E-state index >= 15 is 0 Å². The summed E-state index contributed by atoms with van der Waals surface area (Å²) < 4.78 is 5.36. The van der Waals surface area contributed by atoms with Gasteiger partial charge in [-0.25, -0.2) is 4.98 Å². The van der Waals surface area contributed by atoms with Crippen LogP contribution in [0.3, 0.4) is 0 Å². The van der Waals surface area contributed by atoms with E-state index in [1.54, 1.807) is 30.5 Å². The quantitative estimate of drug-likeness (QED) is 0.481. The number of hydrogen-bond acceptors (Lipinski definition) is 6. The van der Waals surface area contributed by atoms with Gasteiger partial charge in [0.2, 0.25) is 0 Å². The zero-order valence-corrected chi connectivity index (χ0v) is 12.1. The van der Waals surface area contributed by atoms with E-state index in [4.69, 9.17) is 4.74 Å². The first-order valence-electron chi connectivity index (χ1n) is 6.82. The summed E-state index contributed by atoms with van der Waals surface area (Å²) in [5.74, 6) is 0.859. The van der Waals surface area contributed by atoms with Crippen LogP contribution < -0.4 is 10.2 Å². The Balaban J connectivity index is 2.11. The molecule has 7 nitrogen and oxygen atoms in total. The predicted octanol–water partition coefficient (Wildman–Crippen LogP) is 3.22. The van der Waals surface area contributed by atoms with Crippen molar-refractivity contribution in [3.63, 3.8) is 0 Å². The fraction of sp³-hybridized carbons (Fsp3) is 0.200. The van der Waals surface area contributed by atoms with Gasteiger partial charge in [0.1, 0.15) is 5.82 Å². The number of pyridine rings is 1. The van der Waals surface area contributed by atoms with E-state index in [9.17, 15) is 10.1 Å². The molecule has 0 atom stereocenters. The van der Waals surface area contributed by atoms with Crippen LogP contribution in [0.15, 0.2) is 47.7 Å². The molecule has 1 aromatic carbocycles. The van der Waals surface area contributed by atoms with E-state index in [-0.39, 0.29) is 11.4 Å². The number of nitrogens with one attached hydrogen (secondary N) is 1. The number of hydrazone groups is 1. The molecule has 0 bridgehead atoms. The van der Waals surface area contributed by atoms with Gasteiger partial charge in [-0.2, -0.15) is 5.10 Å². The summed E-state index contributed by atoms with van der Waals surface area (Å²) in [5.41, 5.74) is 3.27. The van der Waals surface area contributed by atoms with Crippen LogP contribution in [0.5, 0.6) is 5.75 Å². The zero-order valence-electron chi connectivity index (χ0n) is 12.1. The summed E-state index contributed by atoms with van der Waals surface area (Å²) in [7, 11) is 0. The first kappa shape index (κ1) is 15.4. The molecule has 114 valence electrons. The molecule has 0 aliphatic heterocycles. The molecular formula is C15H16N4O3. The van der Waals surface area contributed by atoms with E-state index in [1.165, 1.54) is 12.3 Å². The Labute approximate surface area is 127 Å². The maximum Gasteiger partial charge on any atom is 0.311 e. The molecule has 7 heteroatoms. The van der Waals surface area contributed by atoms with Gasteiger partial charge in [0, 0.05) is 17.8 Å². The first-order valence-corrected chi connectivity index (χ1v) is 6.82. The number of hydrogen-bond donors (Lipinski definition) is 1. The molecule has 2 rings (SSSR count). The SMILES string of the molecule is CCCOc1ccc(/C=N/Nc2ccccn2)cc1[N+](=O)[O-]. The van der Waals surface area contributed by atoms with Gasteiger partial charge in [-0.3, -0.25) is 15.5 Å². The van der Waals surface area contributed by atoms with Crippen molar-refractivity contribution >= 4 is 17.7 Å². The molecule has 2 aromatic rings. The molecule has 1 heterocycles. The van der Waals surface area contributed by atoms with Gasteiger partial charge in [0.25, 0.3) is 0 Å². The second-order valence-electron chi connectivity index (χ2n) is 4.42. The van der Waals surface area contributed by atoms with Gasteiger partial charge in [0.05, 0.1) is 17.7 Å². The lowest BCUT2D eigenvalue weighted by molar-refractivity contribution is -0.385. The standard InChI is InChI=1S/C15H16N4O3/c1-2-9-22-14-7-6-12(10-13(14)19(20)21)11-17-18-15-5-3-4-8-16-15/h3-8,10-11H,2,9H2,1H3,(H,16,18)/b17-11+. The van der Waals surface area contributed by atoms with Crippen molar-refractivity contribution in [3.8, 4) is 5.75 Å². The molecule has 0 unspecified atom stereocenters. The third kappa shape index (κ3) is 4.27. The number of aromatic nitrogens is 1. The third-order valence-electron chi connectivity index (χ3n) is 2.70. The van der Waals surface area contributed by atoms with Crippen molar-refractivity contribution < 1.29 is 9.66 Å². The van der Waals surface area contributed by atoms with E-state index in [0.29, 0.717) is 18.0 Å². The van der Waals surface area contributed by atoms with Gasteiger partial charge < -0.3 is 4.74 Å². The Morgan fingerprint density at radius 1 is 1.41 bits per heavy atom. The van der Waals surface area contributed by atoms with Crippen LogP contribution in [0.25, 0.3) is 0 Å². The molecule has 0 radical (unpaired) electrons. The summed E-state index contributed by atoms with van der Waals surface area (Å²) >= 11 is 0. The summed E-state index contributed by atoms with van der Waals surface area (Å²) in [6.45, 7) is 2.38. The molecule has 1 aromatic heterocycles. The topological polar surface area (TPSA) is 89.7 Å². The van der Waals surface area contributed by atoms with Crippen molar-refractivity contribution in [1.82, 2.24) is 4.98 Å². The van der Waals surface area contributed by atoms with Crippen LogP contribution in [0, 0.1) is 10.1 Å². The van der Waals surface area contributed by atoms with Crippen molar-refractivity contribution in [2.45, 2.75) is 13.3 Å². The van der Waals surface area contributed by atoms with Crippen LogP contribution in [-0.4, -0.2) is 22.7 Å². The molecule has 0 saturated carbocycles. The lowest BCUT2D eigenvalue weighted by atomic mass is 10.2. The maximum absolute atomic E-state index is 11.1. The largest absolute Gasteiger partial charge is 0.487 e. The van der Waals surface area contributed by atoms with Crippen LogP contribution in [-0.2, 0) is 0 Å². The maximum atomic E-state index is 11.1. The van der Waals surface area contributed by atoms with Crippen LogP contribution in [0.2, 0.25) is 0 Å². The fourth-order valence-corrected chi connectivity index (χ4v) is 1.69. The highest BCUT2D eigenvalue weighted by molar-refractivity contribution is 5.82. The van der Waals surface area contributed by atoms with E-state index in [0.717, 1.165) is 6.42 Å². The lowest BCUT2D eigenvalue weighted by Gasteiger charge is -2.05.